The van der Waals surface area contributed by atoms with Gasteiger partial charge in [0, 0.05) is 38.6 Å². The van der Waals surface area contributed by atoms with E-state index in [0.717, 1.165) is 0 Å². The molecule has 9 heteroatoms. The topological polar surface area (TPSA) is 92.7 Å². The summed E-state index contributed by atoms with van der Waals surface area (Å²) >= 11 is 0. The van der Waals surface area contributed by atoms with Crippen LogP contribution in [0.3, 0.4) is 0 Å². The van der Waals surface area contributed by atoms with E-state index in [-0.39, 0.29) is 29.6 Å². The lowest BCUT2D eigenvalue weighted by Crippen LogP contribution is -2.50. The second-order valence-corrected chi connectivity index (χ2v) is 7.34. The molecule has 0 aliphatic carbocycles. The Morgan fingerprint density at radius 3 is 2.48 bits per heavy atom. The molecule has 0 bridgehead atoms. The van der Waals surface area contributed by atoms with Crippen molar-refractivity contribution in [2.45, 2.75) is 4.90 Å². The van der Waals surface area contributed by atoms with Crippen LogP contribution in [0.2, 0.25) is 0 Å². The standard InChI is InChI=1S/C16H18N4O4S/c1-24-14-4-2-3-5-15(14)25(22,23)20-10-8-19(9-11-20)16(21)13-12-17-6-7-18-13/h2-7,12H,8-11H2,1H3. The first-order valence-corrected chi connectivity index (χ1v) is 9.16. The van der Waals surface area contributed by atoms with Crippen LogP contribution in [0.4, 0.5) is 0 Å². The van der Waals surface area contributed by atoms with Crippen molar-refractivity contribution in [3.05, 3.63) is 48.5 Å². The maximum Gasteiger partial charge on any atom is 0.274 e. The van der Waals surface area contributed by atoms with Crippen molar-refractivity contribution >= 4 is 15.9 Å². The van der Waals surface area contributed by atoms with E-state index in [4.69, 9.17) is 4.74 Å². The van der Waals surface area contributed by atoms with Crippen LogP contribution in [-0.2, 0) is 10.0 Å². The molecule has 1 fully saturated rings. The zero-order valence-corrected chi connectivity index (χ0v) is 14.5. The number of piperazine rings is 1. The predicted octanol–water partition coefficient (Wildman–Crippen LogP) is 0.632. The number of ether oxygens (including phenoxy) is 1. The lowest BCUT2D eigenvalue weighted by molar-refractivity contribution is 0.0691. The van der Waals surface area contributed by atoms with Gasteiger partial charge in [-0.25, -0.2) is 13.4 Å². The van der Waals surface area contributed by atoms with E-state index in [1.807, 2.05) is 0 Å². The monoisotopic (exact) mass is 362 g/mol. The Kier molecular flexibility index (Phi) is 4.95. The molecular weight excluding hydrogens is 344 g/mol. The molecule has 0 spiro atoms. The van der Waals surface area contributed by atoms with Crippen molar-refractivity contribution in [3.8, 4) is 5.75 Å². The fourth-order valence-corrected chi connectivity index (χ4v) is 4.25. The SMILES string of the molecule is COc1ccccc1S(=O)(=O)N1CCN(C(=O)c2cnccn2)CC1. The molecule has 1 saturated heterocycles. The van der Waals surface area contributed by atoms with E-state index < -0.39 is 10.0 Å². The molecule has 1 aliphatic heterocycles. The Morgan fingerprint density at radius 1 is 1.12 bits per heavy atom. The third kappa shape index (κ3) is 3.47. The molecule has 1 aromatic heterocycles. The Balaban J connectivity index is 1.72. The van der Waals surface area contributed by atoms with E-state index in [0.29, 0.717) is 18.8 Å². The van der Waals surface area contributed by atoms with Crippen molar-refractivity contribution in [2.75, 3.05) is 33.3 Å². The molecular formula is C16H18N4O4S. The normalized spacial score (nSPS) is 15.8. The molecule has 25 heavy (non-hydrogen) atoms. The molecule has 1 aromatic carbocycles. The number of amides is 1. The van der Waals surface area contributed by atoms with Crippen molar-refractivity contribution in [3.63, 3.8) is 0 Å². The van der Waals surface area contributed by atoms with Gasteiger partial charge in [-0.15, -0.1) is 0 Å². The van der Waals surface area contributed by atoms with Gasteiger partial charge in [0.15, 0.2) is 0 Å². The number of para-hydroxylation sites is 1. The van der Waals surface area contributed by atoms with E-state index in [1.165, 1.54) is 36.1 Å². The fraction of sp³-hybridized carbons (Fsp3) is 0.312. The predicted molar refractivity (Wildman–Crippen MR) is 89.7 cm³/mol. The summed E-state index contributed by atoms with van der Waals surface area (Å²) in [6, 6.07) is 6.50. The van der Waals surface area contributed by atoms with Gasteiger partial charge >= 0.3 is 0 Å². The first-order valence-electron chi connectivity index (χ1n) is 7.72. The molecule has 2 heterocycles. The second-order valence-electron chi connectivity index (χ2n) is 5.44. The van der Waals surface area contributed by atoms with Gasteiger partial charge in [-0.3, -0.25) is 9.78 Å². The van der Waals surface area contributed by atoms with Crippen LogP contribution < -0.4 is 4.74 Å². The quantitative estimate of drug-likeness (QED) is 0.792. The second kappa shape index (κ2) is 7.16. The number of hydrogen-bond donors (Lipinski definition) is 0. The molecule has 3 rings (SSSR count). The number of rotatable bonds is 4. The largest absolute Gasteiger partial charge is 0.495 e. The number of hydrogen-bond acceptors (Lipinski definition) is 6. The maximum atomic E-state index is 12.8. The van der Waals surface area contributed by atoms with Gasteiger partial charge in [0.05, 0.1) is 13.3 Å². The summed E-state index contributed by atoms with van der Waals surface area (Å²) in [4.78, 5) is 21.9. The van der Waals surface area contributed by atoms with Crippen molar-refractivity contribution in [1.82, 2.24) is 19.2 Å². The number of sulfonamides is 1. The summed E-state index contributed by atoms with van der Waals surface area (Å²) in [7, 11) is -2.24. The van der Waals surface area contributed by atoms with Gasteiger partial charge in [0.25, 0.3) is 5.91 Å². The van der Waals surface area contributed by atoms with E-state index in [2.05, 4.69) is 9.97 Å². The van der Waals surface area contributed by atoms with Gasteiger partial charge in [-0.05, 0) is 12.1 Å². The minimum atomic E-state index is -3.68. The summed E-state index contributed by atoms with van der Waals surface area (Å²) in [6.45, 7) is 1.02. The first-order chi connectivity index (χ1) is 12.0. The number of carbonyl (C=O) groups is 1. The molecule has 0 N–H and O–H groups in total. The molecule has 1 aliphatic rings. The van der Waals surface area contributed by atoms with Crippen LogP contribution in [-0.4, -0.2) is 66.8 Å². The average molecular weight is 362 g/mol. The van der Waals surface area contributed by atoms with Crippen LogP contribution in [0, 0.1) is 0 Å². The first kappa shape index (κ1) is 17.3. The zero-order chi connectivity index (χ0) is 17.9. The van der Waals surface area contributed by atoms with Crippen molar-refractivity contribution in [1.29, 1.82) is 0 Å². The molecule has 0 unspecified atom stereocenters. The van der Waals surface area contributed by atoms with Gasteiger partial charge in [0.1, 0.15) is 16.3 Å². The van der Waals surface area contributed by atoms with E-state index in [9.17, 15) is 13.2 Å². The van der Waals surface area contributed by atoms with Crippen molar-refractivity contribution < 1.29 is 17.9 Å². The van der Waals surface area contributed by atoms with Crippen LogP contribution in [0.15, 0.2) is 47.8 Å². The van der Waals surface area contributed by atoms with Crippen LogP contribution in [0.25, 0.3) is 0 Å². The van der Waals surface area contributed by atoms with Gasteiger partial charge < -0.3 is 9.64 Å². The fourth-order valence-electron chi connectivity index (χ4n) is 2.67. The third-order valence-electron chi connectivity index (χ3n) is 4.00. The zero-order valence-electron chi connectivity index (χ0n) is 13.7. The van der Waals surface area contributed by atoms with Crippen LogP contribution in [0.5, 0.6) is 5.75 Å². The highest BCUT2D eigenvalue weighted by Gasteiger charge is 2.32. The maximum absolute atomic E-state index is 12.8. The smallest absolute Gasteiger partial charge is 0.274 e. The summed E-state index contributed by atoms with van der Waals surface area (Å²) in [5.41, 5.74) is 0.253. The molecule has 0 atom stereocenters. The summed E-state index contributed by atoms with van der Waals surface area (Å²) in [5.74, 6) is 0.0583. The average Bonchev–Trinajstić information content (AvgIpc) is 2.68. The highest BCUT2D eigenvalue weighted by atomic mass is 32.2. The van der Waals surface area contributed by atoms with Crippen LogP contribution >= 0.6 is 0 Å². The molecule has 8 nitrogen and oxygen atoms in total. The lowest BCUT2D eigenvalue weighted by Gasteiger charge is -2.33. The van der Waals surface area contributed by atoms with Gasteiger partial charge in [-0.1, -0.05) is 12.1 Å². The molecule has 2 aromatic rings. The number of carbonyl (C=O) groups excluding carboxylic acids is 1. The summed E-state index contributed by atoms with van der Waals surface area (Å²) < 4.78 is 32.2. The minimum Gasteiger partial charge on any atom is -0.495 e. The highest BCUT2D eigenvalue weighted by Crippen LogP contribution is 2.26. The highest BCUT2D eigenvalue weighted by molar-refractivity contribution is 7.89. The Labute approximate surface area is 146 Å². The number of nitrogens with zero attached hydrogens (tertiary/aromatic N) is 4. The Hall–Kier alpha value is -2.52. The van der Waals surface area contributed by atoms with Gasteiger partial charge in [-0.2, -0.15) is 4.31 Å². The number of aromatic nitrogens is 2. The molecule has 132 valence electrons. The number of methoxy groups -OCH3 is 1. The third-order valence-corrected chi connectivity index (χ3v) is 5.93. The van der Waals surface area contributed by atoms with Crippen LogP contribution in [0.1, 0.15) is 10.5 Å². The van der Waals surface area contributed by atoms with Gasteiger partial charge in [0.2, 0.25) is 10.0 Å². The summed E-state index contributed by atoms with van der Waals surface area (Å²) in [5, 5.41) is 0. The molecule has 0 saturated carbocycles. The lowest BCUT2D eigenvalue weighted by atomic mass is 10.3. The minimum absolute atomic E-state index is 0.131. The Morgan fingerprint density at radius 2 is 1.84 bits per heavy atom. The summed E-state index contributed by atoms with van der Waals surface area (Å²) in [6.07, 6.45) is 4.35. The van der Waals surface area contributed by atoms with E-state index >= 15 is 0 Å². The molecule has 0 radical (unpaired) electrons. The van der Waals surface area contributed by atoms with E-state index in [1.54, 1.807) is 23.1 Å². The Bertz CT molecular complexity index is 849. The molecule has 1 amide bonds. The number of benzene rings is 1. The van der Waals surface area contributed by atoms with Crippen molar-refractivity contribution in [2.24, 2.45) is 0 Å².